The summed E-state index contributed by atoms with van der Waals surface area (Å²) >= 11 is 18.2. The lowest BCUT2D eigenvalue weighted by molar-refractivity contribution is -0.137. The zero-order chi connectivity index (χ0) is 25.3. The Morgan fingerprint density at radius 2 is 1.80 bits per heavy atom. The summed E-state index contributed by atoms with van der Waals surface area (Å²) < 4.78 is 44.5. The van der Waals surface area contributed by atoms with Crippen LogP contribution in [-0.2, 0) is 6.18 Å². The summed E-state index contributed by atoms with van der Waals surface area (Å²) in [6.07, 6.45) is -2.83. The predicted molar refractivity (Wildman–Crippen MR) is 127 cm³/mol. The van der Waals surface area contributed by atoms with E-state index in [4.69, 9.17) is 39.5 Å². The number of ether oxygens (including phenoxy) is 1. The van der Waals surface area contributed by atoms with Gasteiger partial charge in [-0.15, -0.1) is 0 Å². The zero-order valence-electron chi connectivity index (χ0n) is 18.3. The molecule has 35 heavy (non-hydrogen) atoms. The molecule has 1 aromatic carbocycles. The Balaban J connectivity index is 1.58. The Morgan fingerprint density at radius 3 is 2.40 bits per heavy atom. The molecule has 0 saturated carbocycles. The van der Waals surface area contributed by atoms with Crippen LogP contribution in [0.2, 0.25) is 15.2 Å². The highest BCUT2D eigenvalue weighted by Crippen LogP contribution is 2.39. The third-order valence-corrected chi connectivity index (χ3v) is 6.93. The highest BCUT2D eigenvalue weighted by molar-refractivity contribution is 6.42. The lowest BCUT2D eigenvalue weighted by Crippen LogP contribution is -2.32. The molecule has 3 atom stereocenters. The first-order valence-electron chi connectivity index (χ1n) is 10.6. The molecule has 1 fully saturated rings. The third kappa shape index (κ3) is 5.82. The van der Waals surface area contributed by atoms with Crippen LogP contribution in [0.15, 0.2) is 54.9 Å². The van der Waals surface area contributed by atoms with Crippen LogP contribution in [0.4, 0.5) is 13.2 Å². The molecule has 0 spiro atoms. The molecule has 0 aliphatic carbocycles. The number of alkyl halides is 3. The number of halogens is 6. The zero-order valence-corrected chi connectivity index (χ0v) is 20.5. The van der Waals surface area contributed by atoms with E-state index >= 15 is 0 Å². The highest BCUT2D eigenvalue weighted by atomic mass is 35.5. The van der Waals surface area contributed by atoms with Gasteiger partial charge in [0.2, 0.25) is 5.88 Å². The number of amides is 1. The summed E-state index contributed by atoms with van der Waals surface area (Å²) in [5.41, 5.74) is 0.395. The molecule has 11 heteroatoms. The van der Waals surface area contributed by atoms with Gasteiger partial charge in [0.05, 0.1) is 21.2 Å². The molecule has 1 saturated heterocycles. The van der Waals surface area contributed by atoms with E-state index < -0.39 is 17.8 Å². The molecule has 184 valence electrons. The minimum absolute atomic E-state index is 0.0602. The molecule has 0 bridgehead atoms. The molecule has 4 rings (SSSR count). The van der Waals surface area contributed by atoms with Crippen LogP contribution in [0.3, 0.4) is 0 Å². The standard InChI is InChI=1S/C24H19Cl3F3N3O2/c1-13(35-22-7-4-16(10-32-22)24(28,29)30)17-11-33(23(34)15-3-6-21(27)31-9-15)12-18(17)14-2-5-19(25)20(26)8-14/h2-10,13,17-18H,11-12H2,1H3/t13-,17+,18-/m1/s1. The minimum Gasteiger partial charge on any atom is -0.474 e. The number of pyridine rings is 2. The Kier molecular flexibility index (Phi) is 7.45. The molecule has 1 aliphatic heterocycles. The van der Waals surface area contributed by atoms with Gasteiger partial charge >= 0.3 is 6.18 Å². The smallest absolute Gasteiger partial charge is 0.417 e. The van der Waals surface area contributed by atoms with Crippen LogP contribution in [0.1, 0.15) is 34.3 Å². The van der Waals surface area contributed by atoms with Crippen molar-refractivity contribution >= 4 is 40.7 Å². The molecule has 2 aromatic heterocycles. The van der Waals surface area contributed by atoms with Gasteiger partial charge in [0, 0.05) is 43.4 Å². The maximum absolute atomic E-state index is 13.2. The minimum atomic E-state index is -4.49. The number of hydrogen-bond acceptors (Lipinski definition) is 4. The van der Waals surface area contributed by atoms with Crippen molar-refractivity contribution in [1.29, 1.82) is 0 Å². The predicted octanol–water partition coefficient (Wildman–Crippen LogP) is 6.78. The van der Waals surface area contributed by atoms with E-state index in [1.54, 1.807) is 36.1 Å². The van der Waals surface area contributed by atoms with Gasteiger partial charge in [-0.1, -0.05) is 40.9 Å². The molecular formula is C24H19Cl3F3N3O2. The third-order valence-electron chi connectivity index (χ3n) is 5.97. The van der Waals surface area contributed by atoms with Gasteiger partial charge in [0.1, 0.15) is 11.3 Å². The van der Waals surface area contributed by atoms with E-state index in [1.807, 2.05) is 6.07 Å². The Hall–Kier alpha value is -2.55. The maximum atomic E-state index is 13.2. The maximum Gasteiger partial charge on any atom is 0.417 e. The van der Waals surface area contributed by atoms with Crippen molar-refractivity contribution in [2.24, 2.45) is 5.92 Å². The first-order valence-corrected chi connectivity index (χ1v) is 11.7. The Bertz CT molecular complexity index is 1210. The average molecular weight is 545 g/mol. The van der Waals surface area contributed by atoms with Crippen molar-refractivity contribution in [3.63, 3.8) is 0 Å². The lowest BCUT2D eigenvalue weighted by Gasteiger charge is -2.25. The van der Waals surface area contributed by atoms with E-state index in [1.165, 1.54) is 12.3 Å². The molecular weight excluding hydrogens is 526 g/mol. The summed E-state index contributed by atoms with van der Waals surface area (Å²) in [6.45, 7) is 2.51. The quantitative estimate of drug-likeness (QED) is 0.332. The Labute approximate surface area is 214 Å². The van der Waals surface area contributed by atoms with Crippen LogP contribution in [-0.4, -0.2) is 40.0 Å². The summed E-state index contributed by atoms with van der Waals surface area (Å²) in [4.78, 5) is 22.6. The van der Waals surface area contributed by atoms with E-state index in [2.05, 4.69) is 9.97 Å². The molecule has 0 N–H and O–H groups in total. The molecule has 1 aliphatic rings. The van der Waals surface area contributed by atoms with Gasteiger partial charge in [-0.25, -0.2) is 9.97 Å². The van der Waals surface area contributed by atoms with Crippen molar-refractivity contribution in [2.45, 2.75) is 25.1 Å². The number of aromatic nitrogens is 2. The number of hydrogen-bond donors (Lipinski definition) is 0. The first kappa shape index (κ1) is 25.5. The number of benzene rings is 1. The van der Waals surface area contributed by atoms with Gasteiger partial charge in [-0.2, -0.15) is 13.2 Å². The first-order chi connectivity index (χ1) is 16.5. The summed E-state index contributed by atoms with van der Waals surface area (Å²) in [5.74, 6) is -0.536. The van der Waals surface area contributed by atoms with Crippen LogP contribution in [0, 0.1) is 5.92 Å². The number of likely N-dealkylation sites (tertiary alicyclic amines) is 1. The number of rotatable bonds is 5. The monoisotopic (exact) mass is 543 g/mol. The van der Waals surface area contributed by atoms with Crippen molar-refractivity contribution in [1.82, 2.24) is 14.9 Å². The summed E-state index contributed by atoms with van der Waals surface area (Å²) in [5, 5.41) is 1.07. The van der Waals surface area contributed by atoms with Gasteiger partial charge in [0.15, 0.2) is 0 Å². The SMILES string of the molecule is C[C@@H](Oc1ccc(C(F)(F)F)cn1)[C@@H]1CN(C(=O)c2ccc(Cl)nc2)C[C@@H]1c1ccc(Cl)c(Cl)c1. The van der Waals surface area contributed by atoms with Crippen molar-refractivity contribution in [3.8, 4) is 5.88 Å². The number of carbonyl (C=O) groups is 1. The van der Waals surface area contributed by atoms with Gasteiger partial charge in [0.25, 0.3) is 5.91 Å². The fraction of sp³-hybridized carbons (Fsp3) is 0.292. The largest absolute Gasteiger partial charge is 0.474 e. The number of carbonyl (C=O) groups excluding carboxylic acids is 1. The van der Waals surface area contributed by atoms with Gasteiger partial charge in [-0.05, 0) is 42.8 Å². The normalized spacial score (nSPS) is 19.0. The Morgan fingerprint density at radius 1 is 1.03 bits per heavy atom. The van der Waals surface area contributed by atoms with Crippen molar-refractivity contribution in [3.05, 3.63) is 86.7 Å². The number of nitrogens with zero attached hydrogens (tertiary/aromatic N) is 3. The van der Waals surface area contributed by atoms with E-state index in [0.29, 0.717) is 28.7 Å². The van der Waals surface area contributed by atoms with E-state index in [-0.39, 0.29) is 28.8 Å². The molecule has 3 aromatic rings. The van der Waals surface area contributed by atoms with Crippen molar-refractivity contribution in [2.75, 3.05) is 13.1 Å². The molecule has 0 radical (unpaired) electrons. The van der Waals surface area contributed by atoms with Crippen LogP contribution in [0.25, 0.3) is 0 Å². The van der Waals surface area contributed by atoms with Crippen LogP contribution >= 0.6 is 34.8 Å². The second-order valence-corrected chi connectivity index (χ2v) is 9.43. The van der Waals surface area contributed by atoms with Crippen molar-refractivity contribution < 1.29 is 22.7 Å². The molecule has 3 heterocycles. The average Bonchev–Trinajstić information content (AvgIpc) is 3.26. The van der Waals surface area contributed by atoms with E-state index in [0.717, 1.165) is 17.8 Å². The fourth-order valence-electron chi connectivity index (χ4n) is 4.15. The lowest BCUT2D eigenvalue weighted by atomic mass is 9.86. The molecule has 1 amide bonds. The second-order valence-electron chi connectivity index (χ2n) is 8.23. The van der Waals surface area contributed by atoms with Crippen LogP contribution in [0.5, 0.6) is 5.88 Å². The van der Waals surface area contributed by atoms with Gasteiger partial charge in [-0.3, -0.25) is 4.79 Å². The summed E-state index contributed by atoms with van der Waals surface area (Å²) in [6, 6.07) is 10.5. The summed E-state index contributed by atoms with van der Waals surface area (Å²) in [7, 11) is 0. The molecule has 5 nitrogen and oxygen atoms in total. The highest BCUT2D eigenvalue weighted by Gasteiger charge is 2.41. The van der Waals surface area contributed by atoms with E-state index in [9.17, 15) is 18.0 Å². The fourth-order valence-corrected chi connectivity index (χ4v) is 4.56. The van der Waals surface area contributed by atoms with Gasteiger partial charge < -0.3 is 9.64 Å². The molecule has 0 unspecified atom stereocenters. The van der Waals surface area contributed by atoms with Crippen LogP contribution < -0.4 is 4.74 Å². The second kappa shape index (κ2) is 10.2. The topological polar surface area (TPSA) is 55.3 Å².